The number of quaternary nitrogens is 1. The van der Waals surface area contributed by atoms with Gasteiger partial charge < -0.3 is 18.6 Å². The lowest BCUT2D eigenvalue weighted by atomic mass is 9.78. The van der Waals surface area contributed by atoms with E-state index < -0.39 is 18.4 Å². The zero-order valence-electron chi connectivity index (χ0n) is 20.6. The van der Waals surface area contributed by atoms with Crippen LogP contribution in [-0.2, 0) is 22.5 Å². The van der Waals surface area contributed by atoms with Gasteiger partial charge in [-0.1, -0.05) is 25.1 Å². The van der Waals surface area contributed by atoms with Gasteiger partial charge in [0.1, 0.15) is 23.7 Å². The highest BCUT2D eigenvalue weighted by molar-refractivity contribution is 7.78. The van der Waals surface area contributed by atoms with E-state index in [1.807, 2.05) is 37.3 Å². The molecule has 1 aliphatic carbocycles. The number of hydrogen-bond donors (Lipinski definition) is 1. The van der Waals surface area contributed by atoms with Crippen LogP contribution in [0.1, 0.15) is 48.3 Å². The van der Waals surface area contributed by atoms with Crippen molar-refractivity contribution < 1.29 is 27.2 Å². The summed E-state index contributed by atoms with van der Waals surface area (Å²) in [6.45, 7) is 2.69. The molecule has 6 rings (SSSR count). The Morgan fingerprint density at radius 2 is 1.92 bits per heavy atom. The molecule has 0 saturated heterocycles. The van der Waals surface area contributed by atoms with Gasteiger partial charge in [-0.05, 0) is 71.7 Å². The largest absolute Gasteiger partial charge is 0.724 e. The van der Waals surface area contributed by atoms with Crippen molar-refractivity contribution in [2.45, 2.75) is 38.2 Å². The first-order chi connectivity index (χ1) is 17.7. The summed E-state index contributed by atoms with van der Waals surface area (Å²) in [6, 6.07) is 17.8. The van der Waals surface area contributed by atoms with Crippen LogP contribution in [0.25, 0.3) is 22.3 Å². The van der Waals surface area contributed by atoms with Gasteiger partial charge in [0.2, 0.25) is 0 Å². The molecule has 9 heteroatoms. The third kappa shape index (κ3) is 4.45. The summed E-state index contributed by atoms with van der Waals surface area (Å²) >= 11 is -2.45. The van der Waals surface area contributed by atoms with Gasteiger partial charge in [0.15, 0.2) is 17.0 Å². The molecule has 3 unspecified atom stereocenters. The van der Waals surface area contributed by atoms with Crippen molar-refractivity contribution >= 4 is 40.5 Å². The maximum atomic E-state index is 13.4. The van der Waals surface area contributed by atoms with Gasteiger partial charge >= 0.3 is 7.12 Å². The molecule has 2 aliphatic rings. The highest BCUT2D eigenvalue weighted by Gasteiger charge is 2.39. The standard InChI is InChI=1S/C28H27BFNO5S/c1-17(20-7-10-25-22(11-20)16-35-29(25)32)15-31(2,37(33)34)26-14-28-21(12-24(26)18-3-4-18)13-27(36-28)19-5-8-23(30)9-6-19/h5-14,17-18,32H,3-4,15-16H2,1-2H3. The molecule has 0 spiro atoms. The van der Waals surface area contributed by atoms with E-state index in [0.29, 0.717) is 30.4 Å². The van der Waals surface area contributed by atoms with Gasteiger partial charge in [0.05, 0.1) is 13.7 Å². The summed E-state index contributed by atoms with van der Waals surface area (Å²) in [5.74, 6) is 0.534. The minimum absolute atomic E-state index is 0.0833. The predicted octanol–water partition coefficient (Wildman–Crippen LogP) is 4.87. The highest BCUT2D eigenvalue weighted by Crippen LogP contribution is 2.48. The number of likely N-dealkylation sites (N-methyl/N-ethyl adjacent to an activating group) is 1. The van der Waals surface area contributed by atoms with Crippen molar-refractivity contribution in [3.05, 3.63) is 83.2 Å². The van der Waals surface area contributed by atoms with Gasteiger partial charge in [-0.2, -0.15) is 0 Å². The van der Waals surface area contributed by atoms with Crippen LogP contribution in [0, 0.1) is 5.82 Å². The van der Waals surface area contributed by atoms with Crippen LogP contribution in [-0.4, -0.2) is 34.5 Å². The number of fused-ring (bicyclic) bond motifs is 2. The molecule has 0 amide bonds. The van der Waals surface area contributed by atoms with E-state index in [9.17, 15) is 18.2 Å². The van der Waals surface area contributed by atoms with E-state index >= 15 is 0 Å². The van der Waals surface area contributed by atoms with Gasteiger partial charge in [0.25, 0.3) is 0 Å². The molecule has 1 aliphatic heterocycles. The normalized spacial score (nSPS) is 18.6. The molecule has 37 heavy (non-hydrogen) atoms. The summed E-state index contributed by atoms with van der Waals surface area (Å²) in [5, 5.41) is 10.8. The van der Waals surface area contributed by atoms with Crippen LogP contribution >= 0.6 is 0 Å². The Morgan fingerprint density at radius 1 is 1.16 bits per heavy atom. The molecular weight excluding hydrogens is 492 g/mol. The second kappa shape index (κ2) is 9.18. The molecule has 1 saturated carbocycles. The molecule has 0 radical (unpaired) electrons. The molecule has 1 N–H and O–H groups in total. The fourth-order valence-electron chi connectivity index (χ4n) is 5.41. The summed E-state index contributed by atoms with van der Waals surface area (Å²) in [5.41, 5.74) is 5.80. The topological polar surface area (TPSA) is 82.7 Å². The lowest BCUT2D eigenvalue weighted by Gasteiger charge is -2.37. The van der Waals surface area contributed by atoms with Crippen LogP contribution < -0.4 is 9.35 Å². The Bertz CT molecular complexity index is 1520. The molecule has 0 bridgehead atoms. The number of hydrogen-bond acceptors (Lipinski definition) is 5. The molecule has 4 aromatic rings. The summed E-state index contributed by atoms with van der Waals surface area (Å²) < 4.78 is 50.3. The fraction of sp³-hybridized carbons (Fsp3) is 0.286. The zero-order chi connectivity index (χ0) is 25.9. The van der Waals surface area contributed by atoms with Gasteiger partial charge in [-0.25, -0.2) is 12.5 Å². The minimum Gasteiger partial charge on any atom is -0.724 e. The lowest BCUT2D eigenvalue weighted by Crippen LogP contribution is -2.49. The predicted molar refractivity (Wildman–Crippen MR) is 142 cm³/mol. The first-order valence-corrected chi connectivity index (χ1v) is 13.5. The number of nitrogens with zero attached hydrogens (tertiary/aromatic N) is 1. The molecule has 190 valence electrons. The lowest BCUT2D eigenvalue weighted by molar-refractivity contribution is 0.275. The van der Waals surface area contributed by atoms with Crippen molar-refractivity contribution in [3.63, 3.8) is 0 Å². The van der Waals surface area contributed by atoms with Crippen LogP contribution in [0.15, 0.2) is 65.1 Å². The van der Waals surface area contributed by atoms with Crippen molar-refractivity contribution in [2.24, 2.45) is 0 Å². The molecule has 3 atom stereocenters. The van der Waals surface area contributed by atoms with Crippen LogP contribution in [0.4, 0.5) is 10.1 Å². The van der Waals surface area contributed by atoms with E-state index in [4.69, 9.17) is 9.07 Å². The fourth-order valence-corrected chi connectivity index (χ4v) is 6.07. The van der Waals surface area contributed by atoms with Crippen molar-refractivity contribution in [1.29, 1.82) is 0 Å². The number of benzene rings is 3. The maximum Gasteiger partial charge on any atom is 0.491 e. The smallest absolute Gasteiger partial charge is 0.491 e. The summed E-state index contributed by atoms with van der Waals surface area (Å²) in [7, 11) is 0.826. The molecule has 6 nitrogen and oxygen atoms in total. The SMILES string of the molecule is CC(C[N+](C)(c1cc2oc(-c3ccc(F)cc3)cc2cc1C1CC1)S(=O)[O-])c1ccc2c(c1)COB2O. The van der Waals surface area contributed by atoms with Gasteiger partial charge in [-0.15, -0.1) is 0 Å². The summed E-state index contributed by atoms with van der Waals surface area (Å²) in [4.78, 5) is 0. The second-order valence-corrected chi connectivity index (χ2v) is 11.6. The van der Waals surface area contributed by atoms with Crippen LogP contribution in [0.2, 0.25) is 0 Å². The Hall–Kier alpha value is -2.82. The van der Waals surface area contributed by atoms with E-state index in [1.165, 1.54) is 12.1 Å². The van der Waals surface area contributed by atoms with E-state index in [-0.39, 0.29) is 15.6 Å². The molecule has 1 fully saturated rings. The van der Waals surface area contributed by atoms with Gasteiger partial charge in [-0.3, -0.25) is 0 Å². The van der Waals surface area contributed by atoms with Crippen molar-refractivity contribution in [3.8, 4) is 11.3 Å². The zero-order valence-corrected chi connectivity index (χ0v) is 21.5. The van der Waals surface area contributed by atoms with Gasteiger partial charge in [0, 0.05) is 28.5 Å². The first-order valence-electron chi connectivity index (χ1n) is 12.4. The van der Waals surface area contributed by atoms with E-state index in [0.717, 1.165) is 51.6 Å². The number of halogens is 1. The highest BCUT2D eigenvalue weighted by atomic mass is 32.2. The monoisotopic (exact) mass is 519 g/mol. The second-order valence-electron chi connectivity index (χ2n) is 10.4. The maximum absolute atomic E-state index is 13.4. The Balaban J connectivity index is 1.39. The summed E-state index contributed by atoms with van der Waals surface area (Å²) in [6.07, 6.45) is 2.05. The number of rotatable bonds is 7. The Labute approximate surface area is 217 Å². The third-order valence-electron chi connectivity index (χ3n) is 7.67. The molecule has 3 aromatic carbocycles. The average molecular weight is 519 g/mol. The number of furan rings is 1. The van der Waals surface area contributed by atoms with Crippen LogP contribution in [0.5, 0.6) is 0 Å². The van der Waals surface area contributed by atoms with Crippen molar-refractivity contribution in [2.75, 3.05) is 13.6 Å². The molecule has 2 heterocycles. The molecular formula is C28H27BFNO5S. The minimum atomic E-state index is -2.45. The Kier molecular flexibility index (Phi) is 6.08. The van der Waals surface area contributed by atoms with Crippen molar-refractivity contribution in [1.82, 2.24) is 3.89 Å². The Morgan fingerprint density at radius 3 is 2.62 bits per heavy atom. The molecule has 1 aromatic heterocycles. The van der Waals surface area contributed by atoms with Crippen LogP contribution in [0.3, 0.4) is 0 Å². The van der Waals surface area contributed by atoms with E-state index in [2.05, 4.69) is 6.07 Å². The first kappa shape index (κ1) is 24.5. The van der Waals surface area contributed by atoms with E-state index in [1.54, 1.807) is 19.2 Å². The third-order valence-corrected chi connectivity index (χ3v) is 8.68. The quantitative estimate of drug-likeness (QED) is 0.214. The average Bonchev–Trinajstić information content (AvgIpc) is 3.55.